The second-order valence-corrected chi connectivity index (χ2v) is 8.45. The van der Waals surface area contributed by atoms with Crippen molar-refractivity contribution >= 4 is 0 Å². The van der Waals surface area contributed by atoms with Crippen LogP contribution in [0.4, 0.5) is 0 Å². The summed E-state index contributed by atoms with van der Waals surface area (Å²) in [5, 5.41) is 0. The van der Waals surface area contributed by atoms with Crippen LogP contribution in [-0.4, -0.2) is 6.61 Å². The Morgan fingerprint density at radius 3 is 1.81 bits per heavy atom. The number of benzene rings is 1. The van der Waals surface area contributed by atoms with Gasteiger partial charge in [-0.1, -0.05) is 109 Å². The van der Waals surface area contributed by atoms with E-state index in [1.54, 1.807) is 0 Å². The van der Waals surface area contributed by atoms with Crippen LogP contribution in [0, 0.1) is 6.07 Å². The minimum absolute atomic E-state index is 0.860. The third-order valence-corrected chi connectivity index (χ3v) is 6.04. The second kappa shape index (κ2) is 15.0. The summed E-state index contributed by atoms with van der Waals surface area (Å²) >= 11 is 0. The van der Waals surface area contributed by atoms with Crippen LogP contribution in [0.3, 0.4) is 0 Å². The molecule has 0 saturated heterocycles. The summed E-state index contributed by atoms with van der Waals surface area (Å²) in [7, 11) is 0. The Morgan fingerprint density at radius 2 is 1.26 bits per heavy atom. The van der Waals surface area contributed by atoms with Gasteiger partial charge in [-0.05, 0) is 30.5 Å². The molecule has 0 bridgehead atoms. The van der Waals surface area contributed by atoms with Gasteiger partial charge in [-0.2, -0.15) is 0 Å². The standard InChI is InChI=1S/C26H43O/c1-2-3-4-5-6-7-8-9-10-11-12-13-14-15-16-17-19-24-20-18-21-26-25(24)22-23-27-26/h18,21H,2-17,19,22-23H2,1H3. The largest absolute Gasteiger partial charge is 0.493 e. The highest BCUT2D eigenvalue weighted by molar-refractivity contribution is 5.42. The molecule has 1 aliphatic heterocycles. The predicted octanol–water partition coefficient (Wildman–Crippen LogP) is 8.23. The van der Waals surface area contributed by atoms with Crippen LogP contribution in [0.2, 0.25) is 0 Å². The first-order valence-electron chi connectivity index (χ1n) is 12.1. The second-order valence-electron chi connectivity index (χ2n) is 8.45. The van der Waals surface area contributed by atoms with Crippen LogP contribution in [-0.2, 0) is 12.8 Å². The molecule has 1 aromatic rings. The number of aryl methyl sites for hydroxylation is 1. The van der Waals surface area contributed by atoms with Crippen LogP contribution in [0.1, 0.15) is 121 Å². The lowest BCUT2D eigenvalue weighted by atomic mass is 9.98. The van der Waals surface area contributed by atoms with Crippen molar-refractivity contribution in [3.8, 4) is 5.75 Å². The van der Waals surface area contributed by atoms with E-state index < -0.39 is 0 Å². The van der Waals surface area contributed by atoms with E-state index in [-0.39, 0.29) is 0 Å². The molecule has 0 amide bonds. The summed E-state index contributed by atoms with van der Waals surface area (Å²) < 4.78 is 5.65. The molecule has 0 saturated carbocycles. The lowest BCUT2D eigenvalue weighted by Crippen LogP contribution is -1.92. The van der Waals surface area contributed by atoms with Gasteiger partial charge in [0.2, 0.25) is 0 Å². The number of unbranched alkanes of at least 4 members (excludes halogenated alkanes) is 15. The van der Waals surface area contributed by atoms with Crippen LogP contribution >= 0.6 is 0 Å². The van der Waals surface area contributed by atoms with Crippen molar-refractivity contribution in [3.63, 3.8) is 0 Å². The molecule has 0 N–H and O–H groups in total. The van der Waals surface area contributed by atoms with Crippen molar-refractivity contribution in [1.29, 1.82) is 0 Å². The van der Waals surface area contributed by atoms with Crippen molar-refractivity contribution in [2.24, 2.45) is 0 Å². The third-order valence-electron chi connectivity index (χ3n) is 6.04. The summed E-state index contributed by atoms with van der Waals surface area (Å²) in [5.74, 6) is 1.11. The van der Waals surface area contributed by atoms with Crippen LogP contribution < -0.4 is 4.74 Å². The number of hydrogen-bond donors (Lipinski definition) is 0. The third kappa shape index (κ3) is 9.67. The van der Waals surface area contributed by atoms with Gasteiger partial charge in [-0.15, -0.1) is 0 Å². The van der Waals surface area contributed by atoms with Crippen molar-refractivity contribution in [2.75, 3.05) is 6.61 Å². The van der Waals surface area contributed by atoms with Crippen LogP contribution in [0.25, 0.3) is 0 Å². The van der Waals surface area contributed by atoms with Crippen molar-refractivity contribution in [1.82, 2.24) is 0 Å². The van der Waals surface area contributed by atoms with Gasteiger partial charge in [0.25, 0.3) is 0 Å². The van der Waals surface area contributed by atoms with Crippen molar-refractivity contribution < 1.29 is 4.74 Å². The maximum atomic E-state index is 5.65. The zero-order valence-electron chi connectivity index (χ0n) is 18.0. The lowest BCUT2D eigenvalue weighted by molar-refractivity contribution is 0.357. The Morgan fingerprint density at radius 1 is 0.741 bits per heavy atom. The van der Waals surface area contributed by atoms with E-state index >= 15 is 0 Å². The summed E-state index contributed by atoms with van der Waals surface area (Å²) in [4.78, 5) is 0. The maximum absolute atomic E-state index is 5.65. The molecule has 1 aromatic carbocycles. The van der Waals surface area contributed by atoms with E-state index in [1.807, 2.05) is 6.07 Å². The zero-order valence-corrected chi connectivity index (χ0v) is 18.0. The summed E-state index contributed by atoms with van der Waals surface area (Å²) in [5.41, 5.74) is 2.84. The molecule has 1 heteroatoms. The molecule has 1 radical (unpaired) electrons. The molecule has 0 atom stereocenters. The highest BCUT2D eigenvalue weighted by Gasteiger charge is 2.15. The molecule has 0 spiro atoms. The summed E-state index contributed by atoms with van der Waals surface area (Å²) in [6.45, 7) is 3.16. The molecule has 2 rings (SSSR count). The van der Waals surface area contributed by atoms with E-state index in [2.05, 4.69) is 19.1 Å². The first kappa shape index (κ1) is 22.3. The van der Waals surface area contributed by atoms with Gasteiger partial charge in [0.15, 0.2) is 0 Å². The fourth-order valence-electron chi connectivity index (χ4n) is 4.30. The van der Waals surface area contributed by atoms with Gasteiger partial charge in [0.1, 0.15) is 5.75 Å². The minimum Gasteiger partial charge on any atom is -0.493 e. The average Bonchev–Trinajstić information content (AvgIpc) is 3.17. The quantitative estimate of drug-likeness (QED) is 0.251. The molecule has 0 aromatic heterocycles. The first-order valence-corrected chi connectivity index (χ1v) is 12.1. The van der Waals surface area contributed by atoms with Crippen molar-refractivity contribution in [2.45, 2.75) is 122 Å². The van der Waals surface area contributed by atoms with Gasteiger partial charge in [-0.25, -0.2) is 0 Å². The molecule has 0 aliphatic carbocycles. The molecular weight excluding hydrogens is 328 g/mol. The summed E-state index contributed by atoms with van der Waals surface area (Å²) in [6, 6.07) is 7.54. The van der Waals surface area contributed by atoms with Gasteiger partial charge in [0.05, 0.1) is 6.61 Å². The number of fused-ring (bicyclic) bond motifs is 1. The highest BCUT2D eigenvalue weighted by atomic mass is 16.5. The van der Waals surface area contributed by atoms with E-state index in [0.29, 0.717) is 0 Å². The molecule has 1 heterocycles. The smallest absolute Gasteiger partial charge is 0.122 e. The number of ether oxygens (including phenoxy) is 1. The predicted molar refractivity (Wildman–Crippen MR) is 118 cm³/mol. The Bertz CT molecular complexity index is 479. The zero-order chi connectivity index (χ0) is 19.0. The fraction of sp³-hybridized carbons (Fsp3) is 0.769. The fourth-order valence-corrected chi connectivity index (χ4v) is 4.30. The molecule has 0 fully saturated rings. The SMILES string of the molecule is CCCCCCCCCCCCCCCCCCc1[c]ccc2c1CCO2. The van der Waals surface area contributed by atoms with Gasteiger partial charge in [0, 0.05) is 12.0 Å². The summed E-state index contributed by atoms with van der Waals surface area (Å²) in [6.07, 6.45) is 25.2. The minimum atomic E-state index is 0.860. The monoisotopic (exact) mass is 371 g/mol. The van der Waals surface area contributed by atoms with E-state index in [0.717, 1.165) is 18.8 Å². The normalized spacial score (nSPS) is 12.9. The van der Waals surface area contributed by atoms with Crippen LogP contribution in [0.5, 0.6) is 5.75 Å². The number of hydrogen-bond acceptors (Lipinski definition) is 1. The van der Waals surface area contributed by atoms with E-state index in [1.165, 1.54) is 120 Å². The Balaban J connectivity index is 1.32. The Hall–Kier alpha value is -0.980. The number of rotatable bonds is 17. The Labute approximate surface area is 169 Å². The topological polar surface area (TPSA) is 9.23 Å². The average molecular weight is 372 g/mol. The molecule has 27 heavy (non-hydrogen) atoms. The molecule has 1 nitrogen and oxygen atoms in total. The first-order chi connectivity index (χ1) is 13.4. The maximum Gasteiger partial charge on any atom is 0.122 e. The van der Waals surface area contributed by atoms with Crippen LogP contribution in [0.15, 0.2) is 12.1 Å². The molecular formula is C26H43O. The molecule has 153 valence electrons. The van der Waals surface area contributed by atoms with Gasteiger partial charge < -0.3 is 4.74 Å². The molecule has 1 aliphatic rings. The van der Waals surface area contributed by atoms with Gasteiger partial charge >= 0.3 is 0 Å². The lowest BCUT2D eigenvalue weighted by Gasteiger charge is -2.06. The van der Waals surface area contributed by atoms with E-state index in [4.69, 9.17) is 4.74 Å². The van der Waals surface area contributed by atoms with E-state index in [9.17, 15) is 0 Å². The highest BCUT2D eigenvalue weighted by Crippen LogP contribution is 2.28. The molecule has 0 unspecified atom stereocenters. The Kier molecular flexibility index (Phi) is 12.4. The van der Waals surface area contributed by atoms with Gasteiger partial charge in [-0.3, -0.25) is 0 Å². The van der Waals surface area contributed by atoms with Crippen molar-refractivity contribution in [3.05, 3.63) is 29.3 Å².